The van der Waals surface area contributed by atoms with Crippen LogP contribution in [0.25, 0.3) is 0 Å². The molecule has 1 aliphatic rings. The lowest BCUT2D eigenvalue weighted by Gasteiger charge is -2.35. The van der Waals surface area contributed by atoms with Gasteiger partial charge in [0.2, 0.25) is 0 Å². The van der Waals surface area contributed by atoms with Gasteiger partial charge in [0.15, 0.2) is 5.78 Å². The standard InChI is InChI=1S/C16H21BrN2O4/c1-16(2,3)23-15(21)19-6-7-22-10-13(19)14(20)8-12-5-4-11(17)9-18-12/h4-5,9,13H,6-8,10H2,1-3H3. The van der Waals surface area contributed by atoms with Crippen LogP contribution >= 0.6 is 15.9 Å². The first kappa shape index (κ1) is 17.9. The van der Waals surface area contributed by atoms with E-state index < -0.39 is 17.7 Å². The maximum absolute atomic E-state index is 12.6. The first-order chi connectivity index (χ1) is 10.8. The van der Waals surface area contributed by atoms with Gasteiger partial charge < -0.3 is 9.47 Å². The van der Waals surface area contributed by atoms with E-state index in [0.717, 1.165) is 4.47 Å². The van der Waals surface area contributed by atoms with Crippen molar-refractivity contribution in [1.29, 1.82) is 0 Å². The summed E-state index contributed by atoms with van der Waals surface area (Å²) in [4.78, 5) is 30.5. The molecule has 0 bridgehead atoms. The number of halogens is 1. The number of amides is 1. The summed E-state index contributed by atoms with van der Waals surface area (Å²) >= 11 is 3.31. The van der Waals surface area contributed by atoms with Crippen LogP contribution in [-0.2, 0) is 20.7 Å². The molecule has 1 atom stereocenters. The number of carbonyl (C=O) groups excluding carboxylic acids is 2. The molecular weight excluding hydrogens is 364 g/mol. The van der Waals surface area contributed by atoms with Crippen LogP contribution in [0.5, 0.6) is 0 Å². The average molecular weight is 385 g/mol. The van der Waals surface area contributed by atoms with Crippen LogP contribution in [0.15, 0.2) is 22.8 Å². The Kier molecular flexibility index (Phi) is 5.75. The molecule has 1 aliphatic heterocycles. The summed E-state index contributed by atoms with van der Waals surface area (Å²) in [5, 5.41) is 0. The van der Waals surface area contributed by atoms with E-state index in [4.69, 9.17) is 9.47 Å². The largest absolute Gasteiger partial charge is 0.444 e. The first-order valence-electron chi connectivity index (χ1n) is 7.47. The van der Waals surface area contributed by atoms with Gasteiger partial charge in [-0.3, -0.25) is 14.7 Å². The van der Waals surface area contributed by atoms with Crippen molar-refractivity contribution in [2.75, 3.05) is 19.8 Å². The lowest BCUT2D eigenvalue weighted by Crippen LogP contribution is -2.54. The molecule has 2 rings (SSSR count). The zero-order valence-corrected chi connectivity index (χ0v) is 15.1. The van der Waals surface area contributed by atoms with Gasteiger partial charge in [-0.15, -0.1) is 0 Å². The van der Waals surface area contributed by atoms with E-state index in [0.29, 0.717) is 18.8 Å². The number of ketones is 1. The molecule has 6 nitrogen and oxygen atoms in total. The highest BCUT2D eigenvalue weighted by molar-refractivity contribution is 9.10. The highest BCUT2D eigenvalue weighted by Crippen LogP contribution is 2.17. The topological polar surface area (TPSA) is 68.7 Å². The molecule has 1 unspecified atom stereocenters. The zero-order chi connectivity index (χ0) is 17.0. The van der Waals surface area contributed by atoms with E-state index in [9.17, 15) is 9.59 Å². The molecule has 0 saturated carbocycles. The Hall–Kier alpha value is -1.47. The normalized spacial score (nSPS) is 18.6. The summed E-state index contributed by atoms with van der Waals surface area (Å²) in [5.41, 5.74) is 0.0592. The highest BCUT2D eigenvalue weighted by atomic mass is 79.9. The summed E-state index contributed by atoms with van der Waals surface area (Å²) < 4.78 is 11.6. The molecule has 1 aromatic heterocycles. The van der Waals surface area contributed by atoms with Crippen molar-refractivity contribution < 1.29 is 19.1 Å². The van der Waals surface area contributed by atoms with Gasteiger partial charge in [-0.25, -0.2) is 4.79 Å². The molecule has 126 valence electrons. The van der Waals surface area contributed by atoms with Crippen molar-refractivity contribution in [3.63, 3.8) is 0 Å². The third-order valence-corrected chi connectivity index (χ3v) is 3.74. The predicted molar refractivity (Wildman–Crippen MR) is 88.2 cm³/mol. The second-order valence-electron chi connectivity index (χ2n) is 6.38. The number of carbonyl (C=O) groups is 2. The second-order valence-corrected chi connectivity index (χ2v) is 7.29. The molecule has 0 N–H and O–H groups in total. The Morgan fingerprint density at radius 2 is 2.17 bits per heavy atom. The maximum Gasteiger partial charge on any atom is 0.411 e. The van der Waals surface area contributed by atoms with Crippen molar-refractivity contribution in [2.45, 2.75) is 38.8 Å². The van der Waals surface area contributed by atoms with Crippen molar-refractivity contribution in [2.24, 2.45) is 0 Å². The summed E-state index contributed by atoms with van der Waals surface area (Å²) in [5.74, 6) is -0.106. The van der Waals surface area contributed by atoms with E-state index in [2.05, 4.69) is 20.9 Å². The van der Waals surface area contributed by atoms with Gasteiger partial charge in [0.1, 0.15) is 11.6 Å². The molecule has 1 saturated heterocycles. The Labute approximate surface area is 144 Å². The third kappa shape index (κ3) is 5.28. The fraction of sp³-hybridized carbons (Fsp3) is 0.562. The van der Waals surface area contributed by atoms with E-state index in [1.165, 1.54) is 4.90 Å². The van der Waals surface area contributed by atoms with Crippen molar-refractivity contribution >= 4 is 27.8 Å². The second kappa shape index (κ2) is 7.40. The molecule has 0 aliphatic carbocycles. The van der Waals surface area contributed by atoms with Crippen LogP contribution in [0.2, 0.25) is 0 Å². The predicted octanol–water partition coefficient (Wildman–Crippen LogP) is 2.59. The molecule has 1 fully saturated rings. The molecule has 0 aromatic carbocycles. The number of nitrogens with zero attached hydrogens (tertiary/aromatic N) is 2. The van der Waals surface area contributed by atoms with Crippen molar-refractivity contribution in [1.82, 2.24) is 9.88 Å². The number of hydrogen-bond donors (Lipinski definition) is 0. The molecule has 1 aromatic rings. The van der Waals surface area contributed by atoms with Crippen molar-refractivity contribution in [3.8, 4) is 0 Å². The summed E-state index contributed by atoms with van der Waals surface area (Å²) in [6, 6.07) is 2.98. The fourth-order valence-corrected chi connectivity index (χ4v) is 2.45. The molecule has 2 heterocycles. The van der Waals surface area contributed by atoms with Gasteiger partial charge in [-0.2, -0.15) is 0 Å². The smallest absolute Gasteiger partial charge is 0.411 e. The number of pyridine rings is 1. The summed E-state index contributed by atoms with van der Waals surface area (Å²) in [6.45, 7) is 6.34. The Balaban J connectivity index is 2.06. The van der Waals surface area contributed by atoms with Gasteiger partial charge in [-0.05, 0) is 48.8 Å². The van der Waals surface area contributed by atoms with Crippen LogP contribution in [0, 0.1) is 0 Å². The fourth-order valence-electron chi connectivity index (χ4n) is 2.22. The van der Waals surface area contributed by atoms with Crippen molar-refractivity contribution in [3.05, 3.63) is 28.5 Å². The van der Waals surface area contributed by atoms with Crippen LogP contribution < -0.4 is 0 Å². The minimum Gasteiger partial charge on any atom is -0.444 e. The Morgan fingerprint density at radius 3 is 2.78 bits per heavy atom. The van der Waals surface area contributed by atoms with Gasteiger partial charge in [0.05, 0.1) is 19.6 Å². The Morgan fingerprint density at radius 1 is 1.43 bits per heavy atom. The SMILES string of the molecule is CC(C)(C)OC(=O)N1CCOCC1C(=O)Cc1ccc(Br)cn1. The molecule has 0 radical (unpaired) electrons. The first-order valence-corrected chi connectivity index (χ1v) is 8.26. The average Bonchev–Trinajstić information content (AvgIpc) is 2.48. The maximum atomic E-state index is 12.6. The van der Waals surface area contributed by atoms with Gasteiger partial charge in [0, 0.05) is 22.9 Å². The Bertz CT molecular complexity index is 568. The van der Waals surface area contributed by atoms with Crippen LogP contribution in [-0.4, -0.2) is 53.2 Å². The minimum absolute atomic E-state index is 0.106. The van der Waals surface area contributed by atoms with E-state index in [-0.39, 0.29) is 18.8 Å². The zero-order valence-electron chi connectivity index (χ0n) is 13.5. The quantitative estimate of drug-likeness (QED) is 0.800. The number of ether oxygens (including phenoxy) is 2. The number of Topliss-reactive ketones (excluding diaryl/α,β-unsaturated/α-hetero) is 1. The van der Waals surface area contributed by atoms with Crippen LogP contribution in [0.1, 0.15) is 26.5 Å². The molecule has 1 amide bonds. The third-order valence-electron chi connectivity index (χ3n) is 3.27. The number of hydrogen-bond acceptors (Lipinski definition) is 5. The van der Waals surface area contributed by atoms with E-state index >= 15 is 0 Å². The molecule has 23 heavy (non-hydrogen) atoms. The molecule has 0 spiro atoms. The lowest BCUT2D eigenvalue weighted by molar-refractivity contribution is -0.129. The van der Waals surface area contributed by atoms with Crippen LogP contribution in [0.4, 0.5) is 4.79 Å². The monoisotopic (exact) mass is 384 g/mol. The number of morpholine rings is 1. The summed E-state index contributed by atoms with van der Waals surface area (Å²) in [6.07, 6.45) is 1.31. The van der Waals surface area contributed by atoms with Gasteiger partial charge in [-0.1, -0.05) is 0 Å². The number of aromatic nitrogens is 1. The highest BCUT2D eigenvalue weighted by Gasteiger charge is 2.35. The van der Waals surface area contributed by atoms with Crippen LogP contribution in [0.3, 0.4) is 0 Å². The van der Waals surface area contributed by atoms with Gasteiger partial charge in [0.25, 0.3) is 0 Å². The molecule has 7 heteroatoms. The van der Waals surface area contributed by atoms with E-state index in [1.54, 1.807) is 33.0 Å². The summed E-state index contributed by atoms with van der Waals surface area (Å²) in [7, 11) is 0. The van der Waals surface area contributed by atoms with E-state index in [1.807, 2.05) is 6.07 Å². The number of rotatable bonds is 3. The van der Waals surface area contributed by atoms with Gasteiger partial charge >= 0.3 is 6.09 Å². The minimum atomic E-state index is -0.635. The lowest BCUT2D eigenvalue weighted by atomic mass is 10.1. The molecular formula is C16H21BrN2O4.